The summed E-state index contributed by atoms with van der Waals surface area (Å²) in [6.07, 6.45) is -2.72. The number of hydrogen-bond donors (Lipinski definition) is 4. The lowest BCUT2D eigenvalue weighted by Crippen LogP contribution is -2.39. The highest BCUT2D eigenvalue weighted by atomic mass is 32.7. The number of nitrogens with zero attached hydrogens (tertiary/aromatic N) is 1. The van der Waals surface area contributed by atoms with Crippen LogP contribution in [-0.4, -0.2) is 61.1 Å². The van der Waals surface area contributed by atoms with Crippen LogP contribution in [-0.2, 0) is 30.4 Å². The lowest BCUT2D eigenvalue weighted by atomic mass is 10.1. The van der Waals surface area contributed by atoms with Crippen LogP contribution in [0.25, 0.3) is 0 Å². The van der Waals surface area contributed by atoms with Gasteiger partial charge in [-0.1, -0.05) is 13.8 Å². The summed E-state index contributed by atoms with van der Waals surface area (Å²) >= 11 is 5.51. The molecule has 0 spiro atoms. The Hall–Kier alpha value is -0.330. The average molecular weight is 476 g/mol. The van der Waals surface area contributed by atoms with E-state index in [4.69, 9.17) is 35.6 Å². The fraction of sp³-hybridized carbons (Fsp3) is 0.692. The Kier molecular flexibility index (Phi) is 7.88. The molecule has 0 saturated carbocycles. The molecule has 1 fully saturated rings. The number of aromatic amines is 1. The van der Waals surface area contributed by atoms with Gasteiger partial charge in [-0.25, -0.2) is 9.36 Å². The summed E-state index contributed by atoms with van der Waals surface area (Å²) in [7, 11) is 1.34. The maximum absolute atomic E-state index is 12.2. The lowest BCUT2D eigenvalue weighted by molar-refractivity contribution is -0.0501. The monoisotopic (exact) mass is 476 g/mol. The van der Waals surface area contributed by atoms with Crippen LogP contribution in [0.1, 0.15) is 20.1 Å². The van der Waals surface area contributed by atoms with Gasteiger partial charge in [-0.3, -0.25) is 14.3 Å². The summed E-state index contributed by atoms with van der Waals surface area (Å²) < 4.78 is 29.3. The van der Waals surface area contributed by atoms with Crippen molar-refractivity contribution in [3.05, 3.63) is 33.1 Å². The first-order valence-electron chi connectivity index (χ1n) is 8.06. The Balaban J connectivity index is 2.41. The molecule has 0 bridgehead atoms. The predicted molar refractivity (Wildman–Crippen MR) is 107 cm³/mol. The van der Waals surface area contributed by atoms with E-state index < -0.39 is 49.1 Å². The van der Waals surface area contributed by atoms with Crippen molar-refractivity contribution in [2.45, 2.75) is 44.0 Å². The molecule has 1 aromatic heterocycles. The maximum atomic E-state index is 12.2. The van der Waals surface area contributed by atoms with Crippen LogP contribution in [0.15, 0.2) is 21.9 Å². The first kappa shape index (κ1) is 23.9. The van der Waals surface area contributed by atoms with E-state index >= 15 is 0 Å². The van der Waals surface area contributed by atoms with E-state index in [0.717, 1.165) is 10.6 Å². The van der Waals surface area contributed by atoms with Gasteiger partial charge >= 0.3 is 12.5 Å². The molecule has 0 radical (unpaired) electrons. The Bertz CT molecular complexity index is 898. The number of hydrogen-bond acceptors (Lipinski definition) is 8. The zero-order valence-corrected chi connectivity index (χ0v) is 18.6. The third-order valence-corrected chi connectivity index (χ3v) is 9.66. The van der Waals surface area contributed by atoms with Crippen molar-refractivity contribution in [3.63, 3.8) is 0 Å². The van der Waals surface area contributed by atoms with E-state index in [1.54, 1.807) is 13.8 Å². The highest BCUT2D eigenvalue weighted by Gasteiger charge is 2.49. The van der Waals surface area contributed by atoms with Gasteiger partial charge in [0.1, 0.15) is 12.2 Å². The smallest absolute Gasteiger partial charge is 0.374 e. The molecule has 0 aromatic carbocycles. The predicted octanol–water partition coefficient (Wildman–Crippen LogP) is 0.370. The van der Waals surface area contributed by atoms with Gasteiger partial charge < -0.3 is 28.7 Å². The van der Waals surface area contributed by atoms with Crippen molar-refractivity contribution in [2.24, 2.45) is 0 Å². The van der Waals surface area contributed by atoms with Gasteiger partial charge in [-0.15, -0.1) is 0 Å². The Labute approximate surface area is 169 Å². The van der Waals surface area contributed by atoms with E-state index in [1.807, 2.05) is 0 Å². The number of nitrogens with one attached hydrogen (secondary N) is 1. The second kappa shape index (κ2) is 9.22. The van der Waals surface area contributed by atoms with Crippen molar-refractivity contribution in [2.75, 3.05) is 12.9 Å². The topological polar surface area (TPSA) is 160 Å². The minimum absolute atomic E-state index is 0.198. The molecule has 2 rings (SSSR count). The number of ether oxygens (including phenoxy) is 2. The molecule has 0 aliphatic carbocycles. The molecule has 1 aliphatic rings. The minimum atomic E-state index is -4.41. The highest BCUT2D eigenvalue weighted by molar-refractivity contribution is 8.54. The zero-order valence-electron chi connectivity index (χ0n) is 15.2. The SMILES string of the molecule is COC1[C@@H](OP(O)(=S)C(C)C)[C@@H](CSP(=O)(O)O)O[C@H]1n1ccc(=O)[nH]c1=O. The average Bonchev–Trinajstić information content (AvgIpc) is 2.88. The van der Waals surface area contributed by atoms with Gasteiger partial charge in [0.2, 0.25) is 0 Å². The summed E-state index contributed by atoms with van der Waals surface area (Å²) in [5, 5.41) is 0. The molecule has 2 unspecified atom stereocenters. The van der Waals surface area contributed by atoms with Crippen LogP contribution in [0.2, 0.25) is 0 Å². The molecule has 2 heterocycles. The molecule has 1 aromatic rings. The van der Waals surface area contributed by atoms with Crippen LogP contribution >= 0.6 is 24.7 Å². The Morgan fingerprint density at radius 2 is 2.00 bits per heavy atom. The third-order valence-electron chi connectivity index (χ3n) is 4.02. The fourth-order valence-corrected chi connectivity index (χ4v) is 5.32. The first-order valence-corrected chi connectivity index (χ1v) is 14.0. The Morgan fingerprint density at radius 1 is 1.36 bits per heavy atom. The van der Waals surface area contributed by atoms with Gasteiger partial charge in [0.15, 0.2) is 12.7 Å². The van der Waals surface area contributed by atoms with Crippen LogP contribution in [0.5, 0.6) is 0 Å². The summed E-state index contributed by atoms with van der Waals surface area (Å²) in [6, 6.07) is 1.12. The first-order chi connectivity index (χ1) is 12.9. The van der Waals surface area contributed by atoms with E-state index in [0.29, 0.717) is 11.4 Å². The van der Waals surface area contributed by atoms with Crippen molar-refractivity contribution in [3.8, 4) is 0 Å². The number of methoxy groups -OCH3 is 1. The summed E-state index contributed by atoms with van der Waals surface area (Å²) in [5.41, 5.74) is -1.74. The Morgan fingerprint density at radius 3 is 2.50 bits per heavy atom. The number of H-pyrrole nitrogens is 1. The molecule has 1 saturated heterocycles. The summed E-state index contributed by atoms with van der Waals surface area (Å²) in [4.78, 5) is 54.3. The molecular weight excluding hydrogens is 454 g/mol. The van der Waals surface area contributed by atoms with Gasteiger partial charge in [0.05, 0.1) is 6.10 Å². The highest BCUT2D eigenvalue weighted by Crippen LogP contribution is 2.55. The molecular formula is C13H22N2O9P2S2. The molecule has 5 atom stereocenters. The number of rotatable bonds is 8. The lowest BCUT2D eigenvalue weighted by Gasteiger charge is -2.29. The molecule has 28 heavy (non-hydrogen) atoms. The second-order valence-corrected chi connectivity index (χ2v) is 14.0. The van der Waals surface area contributed by atoms with Crippen molar-refractivity contribution >= 4 is 36.5 Å². The third kappa shape index (κ3) is 5.85. The van der Waals surface area contributed by atoms with E-state index in [-0.39, 0.29) is 11.4 Å². The maximum Gasteiger partial charge on any atom is 0.384 e. The van der Waals surface area contributed by atoms with Crippen LogP contribution < -0.4 is 11.2 Å². The summed E-state index contributed by atoms with van der Waals surface area (Å²) in [5.74, 6) is -0.198. The van der Waals surface area contributed by atoms with Crippen molar-refractivity contribution in [1.82, 2.24) is 9.55 Å². The van der Waals surface area contributed by atoms with Gasteiger partial charge in [0, 0.05) is 30.8 Å². The van der Waals surface area contributed by atoms with E-state index in [2.05, 4.69) is 4.98 Å². The van der Waals surface area contributed by atoms with Crippen LogP contribution in [0, 0.1) is 0 Å². The second-order valence-electron chi connectivity index (χ2n) is 6.30. The van der Waals surface area contributed by atoms with Gasteiger partial charge in [-0.05, 0) is 23.2 Å². The van der Waals surface area contributed by atoms with Crippen LogP contribution in [0.3, 0.4) is 0 Å². The zero-order chi connectivity index (χ0) is 21.3. The summed E-state index contributed by atoms with van der Waals surface area (Å²) in [6.45, 7) is -4.32. The number of aromatic nitrogens is 2. The fourth-order valence-electron chi connectivity index (χ4n) is 2.54. The van der Waals surface area contributed by atoms with E-state index in [9.17, 15) is 19.0 Å². The standard InChI is InChI=1S/C13H22N2O9P2S2/c1-7(2)25(18,27)24-10-8(6-28-26(19,20)21)23-12(11(10)22-3)15-5-4-9(16)14-13(15)17/h4-5,7-8,10-12H,6H2,1-3H3,(H,18,27)(H,14,16,17)(H2,19,20,21)/t8-,10+,11?,12-,25?/m1/s1. The van der Waals surface area contributed by atoms with Gasteiger partial charge in [-0.2, -0.15) is 0 Å². The molecule has 15 heteroatoms. The molecule has 11 nitrogen and oxygen atoms in total. The van der Waals surface area contributed by atoms with Crippen molar-refractivity contribution < 1.29 is 33.2 Å². The largest absolute Gasteiger partial charge is 0.384 e. The van der Waals surface area contributed by atoms with Gasteiger partial charge in [0.25, 0.3) is 5.56 Å². The molecule has 160 valence electrons. The minimum Gasteiger partial charge on any atom is -0.374 e. The normalized spacial score (nSPS) is 27.8. The van der Waals surface area contributed by atoms with Crippen LogP contribution in [0.4, 0.5) is 0 Å². The molecule has 4 N–H and O–H groups in total. The molecule has 0 amide bonds. The quantitative estimate of drug-likeness (QED) is 0.384. The van der Waals surface area contributed by atoms with Crippen molar-refractivity contribution in [1.29, 1.82) is 0 Å². The molecule has 1 aliphatic heterocycles. The van der Waals surface area contributed by atoms with E-state index in [1.165, 1.54) is 13.3 Å².